The van der Waals surface area contributed by atoms with Crippen molar-refractivity contribution >= 4 is 0 Å². The highest BCUT2D eigenvalue weighted by atomic mass is 19.2. The monoisotopic (exact) mass is 378 g/mol. The highest BCUT2D eigenvalue weighted by Crippen LogP contribution is 2.45. The molecule has 0 saturated heterocycles. The fourth-order valence-corrected chi connectivity index (χ4v) is 5.60. The van der Waals surface area contributed by atoms with Crippen LogP contribution in [-0.2, 0) is 22.5 Å². The minimum atomic E-state index is -0.684. The molecule has 27 heavy (non-hydrogen) atoms. The largest absolute Gasteiger partial charge is 0.356 e. The Labute approximate surface area is 161 Å². The van der Waals surface area contributed by atoms with E-state index in [2.05, 4.69) is 6.92 Å². The smallest absolute Gasteiger partial charge is 0.162 e. The van der Waals surface area contributed by atoms with Gasteiger partial charge in [-0.2, -0.15) is 0 Å². The molecule has 2 fully saturated rings. The summed E-state index contributed by atoms with van der Waals surface area (Å²) < 4.78 is 40.3. The Morgan fingerprint density at radius 2 is 1.56 bits per heavy atom. The van der Waals surface area contributed by atoms with Gasteiger partial charge in [-0.25, -0.2) is 8.78 Å². The van der Waals surface area contributed by atoms with Crippen molar-refractivity contribution in [1.82, 2.24) is 0 Å². The van der Waals surface area contributed by atoms with Crippen molar-refractivity contribution < 1.29 is 18.3 Å². The lowest BCUT2D eigenvalue weighted by atomic mass is 9.68. The normalized spacial score (nSPS) is 34.3. The summed E-state index contributed by atoms with van der Waals surface area (Å²) >= 11 is 0. The van der Waals surface area contributed by atoms with Gasteiger partial charge in [-0.3, -0.25) is 0 Å². The molecule has 2 aliphatic carbocycles. The number of halogens is 2. The van der Waals surface area contributed by atoms with E-state index >= 15 is 0 Å². The molecule has 1 atom stereocenters. The molecule has 0 radical (unpaired) electrons. The Hall–Kier alpha value is -1.00. The summed E-state index contributed by atoms with van der Waals surface area (Å²) in [6.07, 6.45) is 9.50. The molecule has 1 aromatic rings. The molecule has 150 valence electrons. The van der Waals surface area contributed by atoms with E-state index in [1.807, 2.05) is 6.07 Å². The number of hydrogen-bond acceptors (Lipinski definition) is 2. The van der Waals surface area contributed by atoms with E-state index in [4.69, 9.17) is 9.47 Å². The molecule has 0 spiro atoms. The van der Waals surface area contributed by atoms with E-state index in [9.17, 15) is 8.78 Å². The quantitative estimate of drug-likeness (QED) is 0.632. The highest BCUT2D eigenvalue weighted by molar-refractivity contribution is 5.37. The van der Waals surface area contributed by atoms with Gasteiger partial charge in [0.15, 0.2) is 17.9 Å². The van der Waals surface area contributed by atoms with E-state index in [0.717, 1.165) is 49.0 Å². The van der Waals surface area contributed by atoms with Crippen LogP contribution in [0.15, 0.2) is 6.07 Å². The third-order valence-corrected chi connectivity index (χ3v) is 7.43. The third kappa shape index (κ3) is 3.93. The number of fused-ring (bicyclic) bond motifs is 1. The molecule has 1 unspecified atom stereocenters. The molecule has 0 bridgehead atoms. The van der Waals surface area contributed by atoms with Crippen LogP contribution in [0.3, 0.4) is 0 Å². The van der Waals surface area contributed by atoms with Crippen molar-refractivity contribution in [1.29, 1.82) is 0 Å². The van der Waals surface area contributed by atoms with Crippen LogP contribution in [0.4, 0.5) is 8.78 Å². The molecule has 0 N–H and O–H groups in total. The fraction of sp³-hybridized carbons (Fsp3) is 0.739. The summed E-state index contributed by atoms with van der Waals surface area (Å²) in [5.74, 6) is 1.34. The lowest BCUT2D eigenvalue weighted by Crippen LogP contribution is -2.27. The number of rotatable bonds is 3. The first-order chi connectivity index (χ1) is 13.1. The number of hydrogen-bond donors (Lipinski definition) is 0. The van der Waals surface area contributed by atoms with Gasteiger partial charge in [0, 0.05) is 19.1 Å². The van der Waals surface area contributed by atoms with Crippen LogP contribution in [-0.4, -0.2) is 13.4 Å². The van der Waals surface area contributed by atoms with Crippen molar-refractivity contribution in [2.45, 2.75) is 83.5 Å². The summed E-state index contributed by atoms with van der Waals surface area (Å²) in [5.41, 5.74) is 1.79. The van der Waals surface area contributed by atoms with E-state index in [0.29, 0.717) is 17.7 Å². The van der Waals surface area contributed by atoms with Crippen LogP contribution in [0.25, 0.3) is 0 Å². The zero-order chi connectivity index (χ0) is 19.0. The lowest BCUT2D eigenvalue weighted by Gasteiger charge is -2.37. The predicted molar refractivity (Wildman–Crippen MR) is 101 cm³/mol. The first-order valence-electron chi connectivity index (χ1n) is 10.7. The van der Waals surface area contributed by atoms with Gasteiger partial charge in [0.25, 0.3) is 0 Å². The van der Waals surface area contributed by atoms with Crippen molar-refractivity contribution in [3.05, 3.63) is 34.4 Å². The van der Waals surface area contributed by atoms with Gasteiger partial charge in [-0.15, -0.1) is 0 Å². The lowest BCUT2D eigenvalue weighted by molar-refractivity contribution is -0.138. The predicted octanol–water partition coefficient (Wildman–Crippen LogP) is 6.11. The second-order valence-corrected chi connectivity index (χ2v) is 9.04. The molecule has 3 aliphatic rings. The van der Waals surface area contributed by atoms with E-state index in [-0.39, 0.29) is 12.3 Å². The standard InChI is InChI=1S/C23H32F2O2/c1-14-3-5-15(6-4-14)16-7-9-17(10-8-16)19-11-18-13-27-21(26-2)12-20(18)23(25)22(19)24/h11,14-17,21H,3-10,12-13H2,1-2H3. The topological polar surface area (TPSA) is 18.5 Å². The summed E-state index contributed by atoms with van der Waals surface area (Å²) in [4.78, 5) is 0. The minimum absolute atomic E-state index is 0.142. The molecule has 0 aromatic heterocycles. The molecule has 2 saturated carbocycles. The summed E-state index contributed by atoms with van der Waals surface area (Å²) in [5, 5.41) is 0. The van der Waals surface area contributed by atoms with Crippen LogP contribution in [0.1, 0.15) is 80.9 Å². The van der Waals surface area contributed by atoms with Crippen LogP contribution >= 0.6 is 0 Å². The van der Waals surface area contributed by atoms with E-state index < -0.39 is 17.9 Å². The number of ether oxygens (including phenoxy) is 2. The second-order valence-electron chi connectivity index (χ2n) is 9.04. The molecule has 4 heteroatoms. The minimum Gasteiger partial charge on any atom is -0.356 e. The molecule has 1 aromatic carbocycles. The van der Waals surface area contributed by atoms with Gasteiger partial charge < -0.3 is 9.47 Å². The number of methoxy groups -OCH3 is 1. The molecule has 0 amide bonds. The summed E-state index contributed by atoms with van der Waals surface area (Å²) in [6.45, 7) is 2.66. The van der Waals surface area contributed by atoms with Gasteiger partial charge in [0.2, 0.25) is 0 Å². The van der Waals surface area contributed by atoms with Crippen LogP contribution in [0.2, 0.25) is 0 Å². The van der Waals surface area contributed by atoms with E-state index in [1.54, 1.807) is 0 Å². The fourth-order valence-electron chi connectivity index (χ4n) is 5.60. The first-order valence-corrected chi connectivity index (χ1v) is 10.7. The molecule has 1 aliphatic heterocycles. The Kier molecular flexibility index (Phi) is 5.84. The average molecular weight is 379 g/mol. The van der Waals surface area contributed by atoms with Gasteiger partial charge in [0.1, 0.15) is 0 Å². The van der Waals surface area contributed by atoms with E-state index in [1.165, 1.54) is 32.8 Å². The van der Waals surface area contributed by atoms with Crippen LogP contribution in [0.5, 0.6) is 0 Å². The SMILES string of the molecule is COC1Cc2c(cc(C3CCC(C4CCC(C)CC4)CC3)c(F)c2F)CO1. The van der Waals surface area contributed by atoms with Gasteiger partial charge in [0.05, 0.1) is 6.61 Å². The van der Waals surface area contributed by atoms with Crippen molar-refractivity contribution in [2.24, 2.45) is 17.8 Å². The van der Waals surface area contributed by atoms with Crippen LogP contribution < -0.4 is 0 Å². The average Bonchev–Trinajstić information content (AvgIpc) is 2.71. The molecular weight excluding hydrogens is 346 g/mol. The summed E-state index contributed by atoms with van der Waals surface area (Å²) in [6, 6.07) is 1.87. The molecule has 1 heterocycles. The van der Waals surface area contributed by atoms with Gasteiger partial charge in [-0.1, -0.05) is 19.8 Å². The van der Waals surface area contributed by atoms with Gasteiger partial charge >= 0.3 is 0 Å². The number of benzene rings is 1. The van der Waals surface area contributed by atoms with Crippen molar-refractivity contribution in [3.8, 4) is 0 Å². The zero-order valence-electron chi connectivity index (χ0n) is 16.6. The maximum absolute atomic E-state index is 14.8. The highest BCUT2D eigenvalue weighted by Gasteiger charge is 2.33. The molecule has 2 nitrogen and oxygen atoms in total. The Morgan fingerprint density at radius 3 is 2.19 bits per heavy atom. The van der Waals surface area contributed by atoms with Crippen molar-refractivity contribution in [3.63, 3.8) is 0 Å². The first kappa shape index (κ1) is 19.3. The maximum Gasteiger partial charge on any atom is 0.162 e. The zero-order valence-corrected chi connectivity index (χ0v) is 16.6. The van der Waals surface area contributed by atoms with Gasteiger partial charge in [-0.05, 0) is 79.4 Å². The van der Waals surface area contributed by atoms with Crippen LogP contribution in [0, 0.1) is 29.4 Å². The Morgan fingerprint density at radius 1 is 0.926 bits per heavy atom. The Balaban J connectivity index is 1.45. The molecule has 4 rings (SSSR count). The molecular formula is C23H32F2O2. The third-order valence-electron chi connectivity index (χ3n) is 7.43. The van der Waals surface area contributed by atoms with Crippen molar-refractivity contribution in [2.75, 3.05) is 7.11 Å². The maximum atomic E-state index is 14.8. The summed E-state index contributed by atoms with van der Waals surface area (Å²) in [7, 11) is 1.53. The Bertz CT molecular complexity index is 659. The second kappa shape index (κ2) is 8.16.